The number of aryl methyl sites for hydroxylation is 1. The third-order valence-electron chi connectivity index (χ3n) is 3.84. The van der Waals surface area contributed by atoms with Crippen LogP contribution in [-0.2, 0) is 16.6 Å². The third-order valence-corrected chi connectivity index (χ3v) is 4.99. The van der Waals surface area contributed by atoms with Crippen molar-refractivity contribution in [1.82, 2.24) is 9.55 Å². The molecule has 2 aromatic rings. The van der Waals surface area contributed by atoms with Gasteiger partial charge in [-0.25, -0.2) is 9.37 Å². The van der Waals surface area contributed by atoms with E-state index in [1.165, 1.54) is 23.9 Å². The van der Waals surface area contributed by atoms with Crippen molar-refractivity contribution in [2.45, 2.75) is 35.1 Å². The molecular formula is C16H19FN4O2S. The summed E-state index contributed by atoms with van der Waals surface area (Å²) in [4.78, 5) is 17.3. The molecule has 1 fully saturated rings. The number of aromatic nitrogens is 2. The SMILES string of the molecule is Cn1ccnc1Sc1ccc(F)cc1NC(=O)[C@@H]1CC[C@H](CN)O1. The van der Waals surface area contributed by atoms with Crippen LogP contribution >= 0.6 is 11.8 Å². The number of benzene rings is 1. The van der Waals surface area contributed by atoms with Gasteiger partial charge < -0.3 is 20.4 Å². The number of anilines is 1. The Morgan fingerprint density at radius 2 is 2.38 bits per heavy atom. The first-order chi connectivity index (χ1) is 11.6. The lowest BCUT2D eigenvalue weighted by Gasteiger charge is -2.15. The molecule has 128 valence electrons. The maximum atomic E-state index is 13.6. The summed E-state index contributed by atoms with van der Waals surface area (Å²) >= 11 is 1.36. The molecule has 6 nitrogen and oxygen atoms in total. The molecule has 1 amide bonds. The minimum atomic E-state index is -0.548. The molecule has 0 aliphatic carbocycles. The Hall–Kier alpha value is -1.90. The first-order valence-corrected chi connectivity index (χ1v) is 8.49. The summed E-state index contributed by atoms with van der Waals surface area (Å²) in [6, 6.07) is 4.29. The highest BCUT2D eigenvalue weighted by atomic mass is 32.2. The predicted octanol–water partition coefficient (Wildman–Crippen LogP) is 2.16. The van der Waals surface area contributed by atoms with Gasteiger partial charge in [-0.05, 0) is 42.8 Å². The van der Waals surface area contributed by atoms with Crippen molar-refractivity contribution in [1.29, 1.82) is 0 Å². The number of nitrogens with zero attached hydrogens (tertiary/aromatic N) is 2. The molecule has 0 saturated carbocycles. The Morgan fingerprint density at radius 3 is 3.04 bits per heavy atom. The highest BCUT2D eigenvalue weighted by Crippen LogP contribution is 2.33. The Balaban J connectivity index is 1.76. The minimum absolute atomic E-state index is 0.0883. The fourth-order valence-corrected chi connectivity index (χ4v) is 3.39. The number of carbonyl (C=O) groups is 1. The number of ether oxygens (including phenoxy) is 1. The van der Waals surface area contributed by atoms with E-state index in [1.54, 1.807) is 12.3 Å². The molecule has 8 heteroatoms. The molecule has 3 rings (SSSR count). The zero-order chi connectivity index (χ0) is 17.1. The van der Waals surface area contributed by atoms with Crippen LogP contribution in [0.2, 0.25) is 0 Å². The highest BCUT2D eigenvalue weighted by molar-refractivity contribution is 7.99. The van der Waals surface area contributed by atoms with Crippen LogP contribution in [0, 0.1) is 5.82 Å². The van der Waals surface area contributed by atoms with Gasteiger partial charge in [0.1, 0.15) is 11.9 Å². The van der Waals surface area contributed by atoms with Crippen LogP contribution in [0.25, 0.3) is 0 Å². The Bertz CT molecular complexity index is 737. The number of imidazole rings is 1. The molecule has 1 aromatic carbocycles. The maximum absolute atomic E-state index is 13.6. The van der Waals surface area contributed by atoms with Gasteiger partial charge in [-0.1, -0.05) is 0 Å². The first-order valence-electron chi connectivity index (χ1n) is 7.68. The van der Waals surface area contributed by atoms with Gasteiger partial charge in [0, 0.05) is 30.9 Å². The number of rotatable bonds is 5. The fourth-order valence-electron chi connectivity index (χ4n) is 2.52. The van der Waals surface area contributed by atoms with Gasteiger partial charge in [-0.15, -0.1) is 0 Å². The van der Waals surface area contributed by atoms with Crippen molar-refractivity contribution in [3.05, 3.63) is 36.4 Å². The number of nitrogens with two attached hydrogens (primary N) is 1. The second kappa shape index (κ2) is 7.33. The van der Waals surface area contributed by atoms with Crippen molar-refractivity contribution >= 4 is 23.4 Å². The molecule has 24 heavy (non-hydrogen) atoms. The van der Waals surface area contributed by atoms with E-state index >= 15 is 0 Å². The Kier molecular flexibility index (Phi) is 5.17. The molecule has 1 aliphatic rings. The number of carbonyl (C=O) groups excluding carboxylic acids is 1. The summed E-state index contributed by atoms with van der Waals surface area (Å²) in [5.41, 5.74) is 5.97. The molecule has 0 spiro atoms. The van der Waals surface area contributed by atoms with E-state index in [9.17, 15) is 9.18 Å². The second-order valence-electron chi connectivity index (χ2n) is 5.61. The van der Waals surface area contributed by atoms with Crippen LogP contribution in [0.4, 0.5) is 10.1 Å². The van der Waals surface area contributed by atoms with E-state index in [2.05, 4.69) is 10.3 Å². The van der Waals surface area contributed by atoms with Crippen LogP contribution in [0.3, 0.4) is 0 Å². The lowest BCUT2D eigenvalue weighted by molar-refractivity contribution is -0.126. The maximum Gasteiger partial charge on any atom is 0.253 e. The van der Waals surface area contributed by atoms with E-state index < -0.39 is 11.9 Å². The quantitative estimate of drug-likeness (QED) is 0.863. The summed E-state index contributed by atoms with van der Waals surface area (Å²) in [5, 5.41) is 3.51. The van der Waals surface area contributed by atoms with E-state index in [0.29, 0.717) is 23.5 Å². The normalized spacial score (nSPS) is 20.3. The zero-order valence-corrected chi connectivity index (χ0v) is 14.1. The lowest BCUT2D eigenvalue weighted by atomic mass is 10.2. The van der Waals surface area contributed by atoms with Gasteiger partial charge in [0.2, 0.25) is 0 Å². The number of halogens is 1. The minimum Gasteiger partial charge on any atom is -0.364 e. The van der Waals surface area contributed by atoms with Crippen LogP contribution in [0.5, 0.6) is 0 Å². The third kappa shape index (κ3) is 3.77. The van der Waals surface area contributed by atoms with Gasteiger partial charge in [0.05, 0.1) is 11.8 Å². The van der Waals surface area contributed by atoms with Crippen molar-refractivity contribution in [3.63, 3.8) is 0 Å². The topological polar surface area (TPSA) is 82.2 Å². The summed E-state index contributed by atoms with van der Waals surface area (Å²) < 4.78 is 21.1. The smallest absolute Gasteiger partial charge is 0.253 e. The van der Waals surface area contributed by atoms with E-state index in [0.717, 1.165) is 11.6 Å². The average Bonchev–Trinajstić information content (AvgIpc) is 3.19. The number of nitrogens with one attached hydrogen (secondary N) is 1. The molecule has 1 aliphatic heterocycles. The molecule has 2 atom stereocenters. The van der Waals surface area contributed by atoms with Gasteiger partial charge in [0.15, 0.2) is 5.16 Å². The molecule has 2 heterocycles. The van der Waals surface area contributed by atoms with Crippen molar-refractivity contribution < 1.29 is 13.9 Å². The largest absolute Gasteiger partial charge is 0.364 e. The Morgan fingerprint density at radius 1 is 1.54 bits per heavy atom. The standard InChI is InChI=1S/C16H19FN4O2S/c1-21-7-6-19-16(21)24-14-5-2-10(17)8-12(14)20-15(22)13-4-3-11(9-18)23-13/h2,5-8,11,13H,3-4,9,18H2,1H3,(H,20,22)/t11-,13+/m1/s1. The van der Waals surface area contributed by atoms with E-state index in [1.807, 2.05) is 17.8 Å². The van der Waals surface area contributed by atoms with Gasteiger partial charge >= 0.3 is 0 Å². The fraction of sp³-hybridized carbons (Fsp3) is 0.375. The van der Waals surface area contributed by atoms with Crippen LogP contribution in [-0.4, -0.2) is 34.2 Å². The molecule has 0 bridgehead atoms. The van der Waals surface area contributed by atoms with E-state index in [-0.39, 0.29) is 12.0 Å². The first kappa shape index (κ1) is 16.9. The summed E-state index contributed by atoms with van der Waals surface area (Å²) in [7, 11) is 1.87. The van der Waals surface area contributed by atoms with E-state index in [4.69, 9.17) is 10.5 Å². The van der Waals surface area contributed by atoms with Gasteiger partial charge in [-0.2, -0.15) is 0 Å². The van der Waals surface area contributed by atoms with Gasteiger partial charge in [-0.3, -0.25) is 4.79 Å². The summed E-state index contributed by atoms with van der Waals surface area (Å²) in [6.07, 6.45) is 4.24. The monoisotopic (exact) mass is 350 g/mol. The second-order valence-corrected chi connectivity index (χ2v) is 6.62. The molecule has 1 aromatic heterocycles. The van der Waals surface area contributed by atoms with Crippen molar-refractivity contribution in [2.24, 2.45) is 12.8 Å². The van der Waals surface area contributed by atoms with Crippen LogP contribution < -0.4 is 11.1 Å². The van der Waals surface area contributed by atoms with Crippen LogP contribution in [0.1, 0.15) is 12.8 Å². The predicted molar refractivity (Wildman–Crippen MR) is 89.3 cm³/mol. The lowest BCUT2D eigenvalue weighted by Crippen LogP contribution is -2.30. The Labute approximate surface area is 143 Å². The molecule has 0 radical (unpaired) electrons. The van der Waals surface area contributed by atoms with Gasteiger partial charge in [0.25, 0.3) is 5.91 Å². The van der Waals surface area contributed by atoms with Crippen molar-refractivity contribution in [2.75, 3.05) is 11.9 Å². The number of hydrogen-bond acceptors (Lipinski definition) is 5. The number of hydrogen-bond donors (Lipinski definition) is 2. The summed E-state index contributed by atoms with van der Waals surface area (Å²) in [6.45, 7) is 0.393. The average molecular weight is 350 g/mol. The number of amides is 1. The summed E-state index contributed by atoms with van der Waals surface area (Å²) in [5.74, 6) is -0.695. The molecular weight excluding hydrogens is 331 g/mol. The zero-order valence-electron chi connectivity index (χ0n) is 13.2. The molecule has 3 N–H and O–H groups in total. The molecule has 1 saturated heterocycles. The van der Waals surface area contributed by atoms with Crippen molar-refractivity contribution in [3.8, 4) is 0 Å². The van der Waals surface area contributed by atoms with Crippen LogP contribution in [0.15, 0.2) is 40.6 Å². The highest BCUT2D eigenvalue weighted by Gasteiger charge is 2.30. The molecule has 0 unspecified atom stereocenters.